The lowest BCUT2D eigenvalue weighted by Crippen LogP contribution is -2.66. The molecule has 0 aromatic heterocycles. The van der Waals surface area contributed by atoms with Gasteiger partial charge >= 0.3 is 47.8 Å². The van der Waals surface area contributed by atoms with E-state index in [9.17, 15) is 76.7 Å². The van der Waals surface area contributed by atoms with Gasteiger partial charge < -0.3 is 165 Å². The molecule has 0 saturated carbocycles. The van der Waals surface area contributed by atoms with Gasteiger partial charge in [-0.2, -0.15) is 5.26 Å². The standard InChI is InChI=1S/C94H157N10O42P/c1-59(2)104(60(3)4)147(137-34-26-29-95)136-33-25-19-18-22-32-98-90(119)73(27-20-23-30-96-78(116)56-127-44-41-122-36-39-125-48-51-131-93-82(100-63(8)106)88(142-71(16)114)85(139-68(13)111)76(145-93)54-134-66(11)109)103-91(120)74(102-80(118)58-129-46-43-123-37-40-126-49-52-132-94-83(101-64(9)107)89(143-72(17)115)86(140-69(14)112)77(146-94)55-135-67(12)110)28-21-24-31-97-79(117)57-128-45-42-121-35-38-124-47-50-130-92-81(99-62(7)105)87(141-70(15)113)84(138-61(5)6)75(144-92)53-133-65(10)108/h59-60,73-77,81-89,92-94H,5,18-28,30-58H2,1-4,6-17H3,(H,96,116)(H,97,117)(H,98,119)(H,99,105)(H,100,106)(H,101,107)(H,102,118)(H,103,120)/t73-,74-,75+,76+,77+,81+,82+,83+,84-,85-,86-,87+,88+,89+,92+,93+,94+,147?/m0/s1. The van der Waals surface area contributed by atoms with Crippen molar-refractivity contribution >= 4 is 104 Å². The zero-order chi connectivity index (χ0) is 109. The normalized spacial score (nSPS) is 21.2. The number of nitrogens with one attached hydrogen (secondary N) is 8. The van der Waals surface area contributed by atoms with E-state index in [1.807, 2.05) is 27.7 Å². The Kier molecular flexibility index (Phi) is 69.4. The Morgan fingerprint density at radius 2 is 0.633 bits per heavy atom. The fraction of sp³-hybridized carbons (Fsp3) is 0.798. The molecule has 3 heterocycles. The molecule has 1 unspecified atom stereocenters. The molecule has 8 amide bonds. The van der Waals surface area contributed by atoms with E-state index < -0.39 is 227 Å². The van der Waals surface area contributed by atoms with Crippen LogP contribution >= 0.6 is 8.53 Å². The Morgan fingerprint density at radius 3 is 0.959 bits per heavy atom. The van der Waals surface area contributed by atoms with Gasteiger partial charge in [-0.1, -0.05) is 19.4 Å². The molecule has 52 nitrogen and oxygen atoms in total. The van der Waals surface area contributed by atoms with E-state index in [0.29, 0.717) is 45.1 Å². The van der Waals surface area contributed by atoms with Gasteiger partial charge in [-0.15, -0.1) is 0 Å². The van der Waals surface area contributed by atoms with Gasteiger partial charge in [0.2, 0.25) is 47.3 Å². The number of amides is 8. The van der Waals surface area contributed by atoms with E-state index in [-0.39, 0.29) is 209 Å². The van der Waals surface area contributed by atoms with Gasteiger partial charge in [-0.3, -0.25) is 76.7 Å². The van der Waals surface area contributed by atoms with Crippen LogP contribution in [0.25, 0.3) is 0 Å². The van der Waals surface area contributed by atoms with Crippen molar-refractivity contribution in [2.75, 3.05) is 191 Å². The molecule has 53 heteroatoms. The zero-order valence-corrected chi connectivity index (χ0v) is 88.3. The average Bonchev–Trinajstić information content (AvgIpc) is 0.792. The topological polar surface area (TPSA) is 636 Å². The maximum atomic E-state index is 14.6. The fourth-order valence-corrected chi connectivity index (χ4v) is 16.4. The number of esters is 8. The first kappa shape index (κ1) is 131. The summed E-state index contributed by atoms with van der Waals surface area (Å²) < 4.78 is 150. The van der Waals surface area contributed by atoms with Crippen LogP contribution in [0.2, 0.25) is 0 Å². The van der Waals surface area contributed by atoms with E-state index in [1.165, 1.54) is 34.6 Å². The second kappa shape index (κ2) is 77.6. The van der Waals surface area contributed by atoms with Crippen molar-refractivity contribution in [3.63, 3.8) is 0 Å². The summed E-state index contributed by atoms with van der Waals surface area (Å²) in [6, 6.07) is -3.46. The highest BCUT2D eigenvalue weighted by atomic mass is 31.2. The number of carbonyl (C=O) groups excluding carboxylic acids is 16. The van der Waals surface area contributed by atoms with Crippen LogP contribution in [0, 0.1) is 11.3 Å². The number of unbranched alkanes of at least 4 members (excludes halogenated alkanes) is 5. The Morgan fingerprint density at radius 1 is 0.333 bits per heavy atom. The highest BCUT2D eigenvalue weighted by Gasteiger charge is 2.55. The predicted octanol–water partition coefficient (Wildman–Crippen LogP) is 0.653. The van der Waals surface area contributed by atoms with Gasteiger partial charge in [0.1, 0.15) is 88.2 Å². The van der Waals surface area contributed by atoms with Gasteiger partial charge in [-0.25, -0.2) is 4.67 Å². The molecule has 147 heavy (non-hydrogen) atoms. The summed E-state index contributed by atoms with van der Waals surface area (Å²) in [7, 11) is -1.43. The lowest BCUT2D eigenvalue weighted by Gasteiger charge is -2.45. The highest BCUT2D eigenvalue weighted by molar-refractivity contribution is 7.44. The Bertz CT molecular complexity index is 3980. The lowest BCUT2D eigenvalue weighted by atomic mass is 9.96. The minimum atomic E-state index is -1.43. The SMILES string of the molecule is C=C(C)O[C@@H]1[C@H](OC(C)=O)[C@@H](NC(C)=O)[C@H](OCCOCCOCCOCC(=O)NCCCC[C@H](NC(=O)COCCOCCOCCO[C@@H]2O[C@H](COC(C)=O)[C@H](OC(C)=O)[C@H](OC(C)=O)[C@H]2NC(C)=O)C(=O)N[C@@H](CCCCNC(=O)COCCOCCOCCO[C@@H]2O[C@H](COC(C)=O)[C@H](OC(C)=O)[C@H](OC(C)=O)[C@H]2NC(C)=O)C(=O)NCCCCCCOP(OCCC#N)N(C(C)C)C(C)C)O[C@@H]1COC(C)=O. The first-order valence-electron chi connectivity index (χ1n) is 49.1. The smallest absolute Gasteiger partial charge is 0.303 e. The first-order chi connectivity index (χ1) is 70.1. The van der Waals surface area contributed by atoms with Crippen LogP contribution in [0.5, 0.6) is 0 Å². The third-order valence-corrected chi connectivity index (χ3v) is 22.8. The molecule has 3 saturated heterocycles. The summed E-state index contributed by atoms with van der Waals surface area (Å²) >= 11 is 0. The monoisotopic (exact) mass is 2130 g/mol. The van der Waals surface area contributed by atoms with Crippen molar-refractivity contribution in [3.8, 4) is 6.07 Å². The quantitative estimate of drug-likeness (QED) is 0.0136. The second-order valence-electron chi connectivity index (χ2n) is 34.3. The van der Waals surface area contributed by atoms with Crippen LogP contribution in [0.15, 0.2) is 12.3 Å². The molecule has 0 aromatic rings. The average molecular weight is 2130 g/mol. The molecular formula is C94H157N10O42P. The number of nitriles is 1. The van der Waals surface area contributed by atoms with Crippen molar-refractivity contribution < 1.29 is 199 Å². The molecule has 840 valence electrons. The molecule has 0 aliphatic carbocycles. The van der Waals surface area contributed by atoms with Crippen LogP contribution in [0.1, 0.15) is 181 Å². The summed E-state index contributed by atoms with van der Waals surface area (Å²) in [6.45, 7) is 25.5. The zero-order valence-electron chi connectivity index (χ0n) is 87.4. The van der Waals surface area contributed by atoms with Crippen molar-refractivity contribution in [2.45, 2.75) is 298 Å². The largest absolute Gasteiger partial charge is 0.489 e. The predicted molar refractivity (Wildman–Crippen MR) is 512 cm³/mol. The number of hydrogen-bond donors (Lipinski definition) is 8. The summed E-state index contributed by atoms with van der Waals surface area (Å²) in [4.78, 5) is 202. The van der Waals surface area contributed by atoms with Crippen molar-refractivity contribution in [3.05, 3.63) is 12.3 Å². The Labute approximate surface area is 859 Å². The number of carbonyl (C=O) groups is 16. The van der Waals surface area contributed by atoms with Crippen molar-refractivity contribution in [2.24, 2.45) is 0 Å². The maximum absolute atomic E-state index is 14.6. The Hall–Kier alpha value is -9.74. The molecule has 3 fully saturated rings. The van der Waals surface area contributed by atoms with Crippen LogP contribution < -0.4 is 42.5 Å². The van der Waals surface area contributed by atoms with Gasteiger partial charge in [0.05, 0.1) is 150 Å². The number of ether oxygens (including phenoxy) is 24. The minimum Gasteiger partial charge on any atom is -0.489 e. The first-order valence-corrected chi connectivity index (χ1v) is 50.3. The molecule has 3 aliphatic rings. The van der Waals surface area contributed by atoms with Crippen molar-refractivity contribution in [1.82, 2.24) is 47.2 Å². The van der Waals surface area contributed by atoms with Crippen LogP contribution in [-0.4, -0.2) is 407 Å². The molecular weight excluding hydrogens is 1970 g/mol. The third kappa shape index (κ3) is 59.5. The molecule has 0 aromatic carbocycles. The highest BCUT2D eigenvalue weighted by Crippen LogP contribution is 2.46. The number of allylic oxidation sites excluding steroid dienone is 1. The molecule has 3 aliphatic heterocycles. The van der Waals surface area contributed by atoms with Gasteiger partial charge in [0, 0.05) is 108 Å². The molecule has 0 radical (unpaired) electrons. The van der Waals surface area contributed by atoms with Gasteiger partial charge in [0.15, 0.2) is 55.5 Å². The van der Waals surface area contributed by atoms with Crippen molar-refractivity contribution in [1.29, 1.82) is 5.26 Å². The molecule has 0 bridgehead atoms. The number of hydrogen-bond acceptors (Lipinski definition) is 44. The maximum Gasteiger partial charge on any atom is 0.303 e. The van der Waals surface area contributed by atoms with Crippen LogP contribution in [-0.2, 0) is 199 Å². The number of nitrogens with zero attached hydrogens (tertiary/aromatic N) is 2. The fourth-order valence-electron chi connectivity index (χ4n) is 14.7. The summed E-state index contributed by atoms with van der Waals surface area (Å²) in [5.74, 6) is -9.91. The van der Waals surface area contributed by atoms with Gasteiger partial charge in [0.25, 0.3) is 8.53 Å². The summed E-state index contributed by atoms with van der Waals surface area (Å²) in [6.07, 6.45) is -10.4. The molecule has 0 spiro atoms. The summed E-state index contributed by atoms with van der Waals surface area (Å²) in [5.41, 5.74) is 0. The number of rotatable bonds is 80. The Balaban J connectivity index is 1.68. The second-order valence-corrected chi connectivity index (χ2v) is 35.7. The molecule has 3 rings (SSSR count). The van der Waals surface area contributed by atoms with Crippen LogP contribution in [0.3, 0.4) is 0 Å². The summed E-state index contributed by atoms with van der Waals surface area (Å²) in [5, 5.41) is 31.2. The van der Waals surface area contributed by atoms with E-state index in [4.69, 9.17) is 128 Å². The lowest BCUT2D eigenvalue weighted by molar-refractivity contribution is -0.279. The molecule has 18 atom stereocenters. The van der Waals surface area contributed by atoms with E-state index in [0.717, 1.165) is 48.0 Å². The third-order valence-electron chi connectivity index (χ3n) is 20.7. The molecule has 8 N–H and O–H groups in total. The van der Waals surface area contributed by atoms with E-state index >= 15 is 0 Å². The minimum absolute atomic E-state index is 0.00445. The van der Waals surface area contributed by atoms with E-state index in [2.05, 4.69) is 59.9 Å². The van der Waals surface area contributed by atoms with E-state index in [1.54, 1.807) is 6.92 Å². The van der Waals surface area contributed by atoms with Crippen LogP contribution in [0.4, 0.5) is 0 Å². The van der Waals surface area contributed by atoms with Gasteiger partial charge in [-0.05, 0) is 86.0 Å².